The van der Waals surface area contributed by atoms with Gasteiger partial charge in [0.05, 0.1) is 52.1 Å². The Balaban J connectivity index is 0.000000196. The van der Waals surface area contributed by atoms with Crippen molar-refractivity contribution in [1.82, 2.24) is 34.8 Å². The monoisotopic (exact) mass is 917 g/mol. The minimum absolute atomic E-state index is 0.100. The lowest BCUT2D eigenvalue weighted by atomic mass is 9.90. The Kier molecular flexibility index (Phi) is 14.1. The van der Waals surface area contributed by atoms with Crippen LogP contribution < -0.4 is 20.4 Å². The molecule has 19 heteroatoms. The molecule has 0 radical (unpaired) electrons. The summed E-state index contributed by atoms with van der Waals surface area (Å²) >= 11 is 0. The van der Waals surface area contributed by atoms with Crippen molar-refractivity contribution >= 4 is 51.0 Å². The van der Waals surface area contributed by atoms with E-state index in [9.17, 15) is 36.2 Å². The predicted molar refractivity (Wildman–Crippen MR) is 242 cm³/mol. The largest absolute Gasteiger partial charge is 0.481 e. The Morgan fingerprint density at radius 3 is 1.58 bits per heavy atom. The number of carboxylic acids is 1. The summed E-state index contributed by atoms with van der Waals surface area (Å²) in [6, 6.07) is 11.0. The highest BCUT2D eigenvalue weighted by molar-refractivity contribution is 5.92. The lowest BCUT2D eigenvalue weighted by Gasteiger charge is -2.35. The summed E-state index contributed by atoms with van der Waals surface area (Å²) in [5.41, 5.74) is -0.609. The molecule has 6 heterocycles. The summed E-state index contributed by atoms with van der Waals surface area (Å²) in [5, 5.41) is 17.2. The van der Waals surface area contributed by atoms with Crippen LogP contribution >= 0.6 is 0 Å². The number of anilines is 4. The van der Waals surface area contributed by atoms with E-state index >= 15 is 0 Å². The normalized spacial score (nSPS) is 17.7. The Hall–Kier alpha value is -6.37. The molecule has 2 aromatic carbocycles. The van der Waals surface area contributed by atoms with Crippen LogP contribution in [0.25, 0.3) is 21.8 Å². The maximum atomic E-state index is 14.7. The smallest absolute Gasteiger partial charge is 0.311 e. The molecule has 0 bridgehead atoms. The summed E-state index contributed by atoms with van der Waals surface area (Å²) in [5.74, 6) is 0.677. The van der Waals surface area contributed by atoms with Gasteiger partial charge in [-0.3, -0.25) is 4.79 Å². The molecular weight excluding hydrogens is 865 g/mol. The number of nitrogens with one attached hydrogen (secondary N) is 2. The molecule has 3 N–H and O–H groups in total. The number of aliphatic carboxylic acids is 1. The highest BCUT2D eigenvalue weighted by Crippen LogP contribution is 2.36. The van der Waals surface area contributed by atoms with Gasteiger partial charge in [0.15, 0.2) is 0 Å². The minimum atomic E-state index is -2.91. The van der Waals surface area contributed by atoms with Gasteiger partial charge in [-0.2, -0.15) is 0 Å². The lowest BCUT2D eigenvalue weighted by Crippen LogP contribution is -2.42. The fraction of sp³-hybridized carbons (Fsp3) is 0.426. The standard InChI is InChI=1S/C24H29F3N6.C23H24F3N5O2/c1-14(17-6-5-7-18(22(17)25)23(26)27)29-24-19-12-21(28-13-20(19)30-15(2)31-24)33-10-8-16(9-11-33)32(3)4;1-12(14-5-4-6-15(19(14)24)20(25)26)28-21-16-9-18(27-10-17(16)29-13(2)30-21)31-8-7-23(3,11-31)22(32)33/h5-7,12-14,16,23H,8-11H2,1-4H3,(H,29,30,31);4-6,9-10,12,20H,7-8,11H2,1-3H3,(H,32,33)(H,28,29,30)/t14-;12-,23?/m11/s1. The summed E-state index contributed by atoms with van der Waals surface area (Å²) in [4.78, 5) is 44.9. The molecule has 2 fully saturated rings. The average Bonchev–Trinajstić information content (AvgIpc) is 3.69. The molecule has 13 nitrogen and oxygen atoms in total. The first-order valence-electron chi connectivity index (χ1n) is 21.7. The van der Waals surface area contributed by atoms with Gasteiger partial charge in [-0.05, 0) is 80.1 Å². The van der Waals surface area contributed by atoms with Crippen molar-refractivity contribution in [3.05, 3.63) is 106 Å². The zero-order valence-corrected chi connectivity index (χ0v) is 37.8. The third-order valence-electron chi connectivity index (χ3n) is 12.4. The summed E-state index contributed by atoms with van der Waals surface area (Å²) < 4.78 is 81.9. The van der Waals surface area contributed by atoms with Gasteiger partial charge in [0.25, 0.3) is 12.9 Å². The van der Waals surface area contributed by atoms with Gasteiger partial charge < -0.3 is 30.4 Å². The second-order valence-electron chi connectivity index (χ2n) is 17.4. The van der Waals surface area contributed by atoms with E-state index in [0.717, 1.165) is 49.3 Å². The predicted octanol–water partition coefficient (Wildman–Crippen LogP) is 10.00. The van der Waals surface area contributed by atoms with Gasteiger partial charge in [-0.25, -0.2) is 56.2 Å². The van der Waals surface area contributed by atoms with Crippen LogP contribution in [0.15, 0.2) is 60.9 Å². The maximum absolute atomic E-state index is 14.7. The van der Waals surface area contributed by atoms with Crippen molar-refractivity contribution in [1.29, 1.82) is 0 Å². The second kappa shape index (κ2) is 19.6. The molecule has 2 aliphatic heterocycles. The number of carbonyl (C=O) groups is 1. The van der Waals surface area contributed by atoms with E-state index in [1.165, 1.54) is 24.3 Å². The van der Waals surface area contributed by atoms with Crippen LogP contribution in [-0.2, 0) is 4.79 Å². The third kappa shape index (κ3) is 10.2. The third-order valence-corrected chi connectivity index (χ3v) is 12.4. The van der Waals surface area contributed by atoms with E-state index in [1.54, 1.807) is 53.1 Å². The SMILES string of the molecule is Cc1nc(N[C@H](C)c2cccc(C(F)F)c2F)c2cc(N3CCC(C)(C(=O)O)C3)ncc2n1.Cc1nc(N[C@H](C)c2cccc(C(F)F)c2F)c2cc(N3CCC(N(C)C)CC3)ncc2n1. The number of aryl methyl sites for hydroxylation is 2. The van der Waals surface area contributed by atoms with E-state index in [4.69, 9.17) is 0 Å². The number of pyridine rings is 2. The first kappa shape index (κ1) is 47.6. The number of rotatable bonds is 12. The summed E-state index contributed by atoms with van der Waals surface area (Å²) in [6.45, 7) is 11.2. The number of hydrogen-bond donors (Lipinski definition) is 3. The van der Waals surface area contributed by atoms with Gasteiger partial charge in [0.2, 0.25) is 0 Å². The lowest BCUT2D eigenvalue weighted by molar-refractivity contribution is -0.146. The molecule has 350 valence electrons. The van der Waals surface area contributed by atoms with Gasteiger partial charge in [0.1, 0.15) is 46.6 Å². The molecule has 6 aromatic rings. The van der Waals surface area contributed by atoms with Crippen molar-refractivity contribution in [2.45, 2.75) is 84.9 Å². The molecular formula is C47H53F6N11O2. The zero-order chi connectivity index (χ0) is 47.6. The number of fused-ring (bicyclic) bond motifs is 2. The molecule has 8 rings (SSSR count). The van der Waals surface area contributed by atoms with Gasteiger partial charge in [0, 0.05) is 54.1 Å². The molecule has 0 saturated carbocycles. The van der Waals surface area contributed by atoms with Crippen LogP contribution in [0, 0.1) is 30.9 Å². The number of benzene rings is 2. The van der Waals surface area contributed by atoms with Gasteiger partial charge >= 0.3 is 5.97 Å². The van der Waals surface area contributed by atoms with Crippen LogP contribution in [0.2, 0.25) is 0 Å². The molecule has 66 heavy (non-hydrogen) atoms. The molecule has 2 aliphatic rings. The van der Waals surface area contributed by atoms with E-state index in [1.807, 2.05) is 11.0 Å². The van der Waals surface area contributed by atoms with Crippen LogP contribution in [0.3, 0.4) is 0 Å². The van der Waals surface area contributed by atoms with Crippen molar-refractivity contribution in [2.75, 3.05) is 60.7 Å². The highest BCUT2D eigenvalue weighted by Gasteiger charge is 2.41. The van der Waals surface area contributed by atoms with Crippen LogP contribution in [0.4, 0.5) is 49.6 Å². The van der Waals surface area contributed by atoms with Crippen LogP contribution in [-0.4, -0.2) is 92.2 Å². The van der Waals surface area contributed by atoms with E-state index in [2.05, 4.69) is 64.4 Å². The number of hydrogen-bond acceptors (Lipinski definition) is 12. The minimum Gasteiger partial charge on any atom is -0.481 e. The topological polar surface area (TPSA) is 148 Å². The van der Waals surface area contributed by atoms with Crippen molar-refractivity contribution < 1.29 is 36.2 Å². The maximum Gasteiger partial charge on any atom is 0.311 e. The number of carboxylic acid groups (broad SMARTS) is 1. The van der Waals surface area contributed by atoms with Crippen LogP contribution in [0.1, 0.15) is 98.9 Å². The second-order valence-corrected chi connectivity index (χ2v) is 17.4. The quantitative estimate of drug-likeness (QED) is 0.100. The summed E-state index contributed by atoms with van der Waals surface area (Å²) in [7, 11) is 4.21. The number of aromatic nitrogens is 6. The van der Waals surface area contributed by atoms with E-state index < -0.39 is 59.1 Å². The Labute approximate surface area is 378 Å². The Morgan fingerprint density at radius 2 is 1.17 bits per heavy atom. The van der Waals surface area contributed by atoms with Gasteiger partial charge in [-0.1, -0.05) is 36.4 Å². The fourth-order valence-electron chi connectivity index (χ4n) is 8.49. The van der Waals surface area contributed by atoms with E-state index in [-0.39, 0.29) is 11.1 Å². The molecule has 2 saturated heterocycles. The molecule has 1 unspecified atom stereocenters. The van der Waals surface area contributed by atoms with Crippen molar-refractivity contribution in [3.8, 4) is 0 Å². The fourth-order valence-corrected chi connectivity index (χ4v) is 8.49. The number of alkyl halides is 4. The Morgan fingerprint density at radius 1 is 0.727 bits per heavy atom. The van der Waals surface area contributed by atoms with Crippen molar-refractivity contribution in [2.24, 2.45) is 5.41 Å². The van der Waals surface area contributed by atoms with Crippen molar-refractivity contribution in [3.63, 3.8) is 0 Å². The van der Waals surface area contributed by atoms with E-state index in [0.29, 0.717) is 71.1 Å². The number of piperidine rings is 1. The number of halogens is 6. The highest BCUT2D eigenvalue weighted by atomic mass is 19.3. The Bertz CT molecular complexity index is 2720. The summed E-state index contributed by atoms with van der Waals surface area (Å²) in [6.07, 6.45) is 0.135. The molecule has 0 spiro atoms. The van der Waals surface area contributed by atoms with Crippen LogP contribution in [0.5, 0.6) is 0 Å². The zero-order valence-electron chi connectivity index (χ0n) is 37.8. The molecule has 4 aromatic heterocycles. The molecule has 0 amide bonds. The number of nitrogens with zero attached hydrogens (tertiary/aromatic N) is 9. The first-order valence-corrected chi connectivity index (χ1v) is 21.7. The van der Waals surface area contributed by atoms with Gasteiger partial charge in [-0.15, -0.1) is 0 Å². The first-order chi connectivity index (χ1) is 31.3. The molecule has 0 aliphatic carbocycles. The average molecular weight is 918 g/mol. The molecule has 3 atom stereocenters.